The first kappa shape index (κ1) is 13.1. The van der Waals surface area contributed by atoms with Gasteiger partial charge in [-0.1, -0.05) is 35.0 Å². The van der Waals surface area contributed by atoms with Gasteiger partial charge in [0.2, 0.25) is 0 Å². The van der Waals surface area contributed by atoms with E-state index >= 15 is 0 Å². The minimum absolute atomic E-state index is 0.783. The van der Waals surface area contributed by atoms with Crippen molar-refractivity contribution in [1.29, 1.82) is 0 Å². The van der Waals surface area contributed by atoms with Crippen molar-refractivity contribution in [3.8, 4) is 0 Å². The van der Waals surface area contributed by atoms with Crippen molar-refractivity contribution >= 4 is 15.9 Å². The molecule has 1 saturated carbocycles. The molecule has 17 heavy (non-hydrogen) atoms. The summed E-state index contributed by atoms with van der Waals surface area (Å²) in [4.78, 5) is 2.52. The maximum Gasteiger partial charge on any atom is 0.0234 e. The molecule has 1 nitrogen and oxygen atoms in total. The Morgan fingerprint density at radius 1 is 1.24 bits per heavy atom. The number of hydrogen-bond donors (Lipinski definition) is 0. The van der Waals surface area contributed by atoms with E-state index < -0.39 is 0 Å². The Morgan fingerprint density at radius 3 is 2.59 bits per heavy atom. The molecule has 0 aliphatic heterocycles. The van der Waals surface area contributed by atoms with Crippen LogP contribution in [0.2, 0.25) is 0 Å². The van der Waals surface area contributed by atoms with Crippen LogP contribution in [0, 0.1) is 5.92 Å². The SMILES string of the molecule is CC1CCC(N(C)Cc2cccc(Br)c2)CC1. The number of rotatable bonds is 3. The Labute approximate surface area is 113 Å². The van der Waals surface area contributed by atoms with Gasteiger partial charge in [0.1, 0.15) is 0 Å². The second kappa shape index (κ2) is 6.01. The van der Waals surface area contributed by atoms with Crippen LogP contribution in [0.1, 0.15) is 38.2 Å². The van der Waals surface area contributed by atoms with Crippen molar-refractivity contribution in [1.82, 2.24) is 4.90 Å². The molecule has 0 unspecified atom stereocenters. The molecule has 0 spiro atoms. The van der Waals surface area contributed by atoms with Crippen molar-refractivity contribution in [3.05, 3.63) is 34.3 Å². The van der Waals surface area contributed by atoms with Gasteiger partial charge in [-0.2, -0.15) is 0 Å². The van der Waals surface area contributed by atoms with Gasteiger partial charge in [0.15, 0.2) is 0 Å². The number of benzene rings is 1. The van der Waals surface area contributed by atoms with Gasteiger partial charge in [0.25, 0.3) is 0 Å². The summed E-state index contributed by atoms with van der Waals surface area (Å²) >= 11 is 3.54. The second-order valence-corrected chi connectivity index (χ2v) is 6.37. The molecular weight excluding hydrogens is 274 g/mol. The lowest BCUT2D eigenvalue weighted by molar-refractivity contribution is 0.164. The minimum Gasteiger partial charge on any atom is -0.299 e. The van der Waals surface area contributed by atoms with Crippen molar-refractivity contribution < 1.29 is 0 Å². The number of hydrogen-bond acceptors (Lipinski definition) is 1. The van der Waals surface area contributed by atoms with E-state index in [1.165, 1.54) is 35.7 Å². The van der Waals surface area contributed by atoms with Crippen molar-refractivity contribution in [2.75, 3.05) is 7.05 Å². The van der Waals surface area contributed by atoms with Crippen LogP contribution >= 0.6 is 15.9 Å². The normalized spacial score (nSPS) is 25.2. The Morgan fingerprint density at radius 2 is 1.94 bits per heavy atom. The Bertz CT molecular complexity index is 356. The van der Waals surface area contributed by atoms with E-state index in [0.717, 1.165) is 18.5 Å². The van der Waals surface area contributed by atoms with Gasteiger partial charge in [-0.15, -0.1) is 0 Å². The summed E-state index contributed by atoms with van der Waals surface area (Å²) in [6.07, 6.45) is 5.53. The lowest BCUT2D eigenvalue weighted by Gasteiger charge is -2.33. The van der Waals surface area contributed by atoms with Gasteiger partial charge >= 0.3 is 0 Å². The molecule has 0 atom stereocenters. The Hall–Kier alpha value is -0.340. The molecule has 94 valence electrons. The molecule has 1 aliphatic carbocycles. The highest BCUT2D eigenvalue weighted by Crippen LogP contribution is 2.27. The molecule has 0 radical (unpaired) electrons. The summed E-state index contributed by atoms with van der Waals surface area (Å²) in [6.45, 7) is 3.45. The first-order valence-electron chi connectivity index (χ1n) is 6.60. The van der Waals surface area contributed by atoms with Crippen LogP contribution in [0.25, 0.3) is 0 Å². The summed E-state index contributed by atoms with van der Waals surface area (Å²) in [5.41, 5.74) is 1.40. The summed E-state index contributed by atoms with van der Waals surface area (Å²) < 4.78 is 1.18. The topological polar surface area (TPSA) is 3.24 Å². The highest BCUT2D eigenvalue weighted by Gasteiger charge is 2.21. The summed E-state index contributed by atoms with van der Waals surface area (Å²) in [5.74, 6) is 0.936. The maximum atomic E-state index is 3.54. The zero-order valence-corrected chi connectivity index (χ0v) is 12.4. The molecule has 0 amide bonds. The molecule has 0 aromatic heterocycles. The smallest absolute Gasteiger partial charge is 0.0234 e. The molecular formula is C15H22BrN. The molecule has 0 heterocycles. The molecule has 2 heteroatoms. The van der Waals surface area contributed by atoms with Crippen LogP contribution in [-0.2, 0) is 6.54 Å². The zero-order valence-electron chi connectivity index (χ0n) is 10.8. The van der Waals surface area contributed by atoms with Crippen LogP contribution in [0.5, 0.6) is 0 Å². The highest BCUT2D eigenvalue weighted by atomic mass is 79.9. The van der Waals surface area contributed by atoms with Crippen molar-refractivity contribution in [3.63, 3.8) is 0 Å². The molecule has 2 rings (SSSR count). The monoisotopic (exact) mass is 295 g/mol. The van der Waals surface area contributed by atoms with Crippen LogP contribution in [-0.4, -0.2) is 18.0 Å². The molecule has 1 aromatic carbocycles. The largest absolute Gasteiger partial charge is 0.299 e. The predicted octanol–water partition coefficient (Wildman–Crippen LogP) is 4.46. The van der Waals surface area contributed by atoms with Crippen LogP contribution in [0.3, 0.4) is 0 Å². The van der Waals surface area contributed by atoms with Crippen LogP contribution in [0.4, 0.5) is 0 Å². The highest BCUT2D eigenvalue weighted by molar-refractivity contribution is 9.10. The molecule has 1 aromatic rings. The van der Waals surface area contributed by atoms with Gasteiger partial charge in [-0.05, 0) is 56.3 Å². The minimum atomic E-state index is 0.783. The third-order valence-corrected chi connectivity index (χ3v) is 4.42. The molecule has 0 bridgehead atoms. The molecule has 0 saturated heterocycles. The van der Waals surface area contributed by atoms with Crippen molar-refractivity contribution in [2.24, 2.45) is 5.92 Å². The quantitative estimate of drug-likeness (QED) is 0.796. The lowest BCUT2D eigenvalue weighted by atomic mass is 9.86. The fourth-order valence-corrected chi connectivity index (χ4v) is 3.18. The molecule has 1 fully saturated rings. The van der Waals surface area contributed by atoms with E-state index in [2.05, 4.69) is 59.1 Å². The Kier molecular flexibility index (Phi) is 4.63. The average Bonchev–Trinajstić information content (AvgIpc) is 2.29. The van der Waals surface area contributed by atoms with E-state index in [4.69, 9.17) is 0 Å². The van der Waals surface area contributed by atoms with E-state index in [1.807, 2.05) is 0 Å². The summed E-state index contributed by atoms with van der Waals surface area (Å²) in [7, 11) is 2.27. The van der Waals surface area contributed by atoms with E-state index in [9.17, 15) is 0 Å². The molecule has 0 N–H and O–H groups in total. The van der Waals surface area contributed by atoms with E-state index in [-0.39, 0.29) is 0 Å². The standard InChI is InChI=1S/C15H22BrN/c1-12-6-8-15(9-7-12)17(2)11-13-4-3-5-14(16)10-13/h3-5,10,12,15H,6-9,11H2,1-2H3. The average molecular weight is 296 g/mol. The second-order valence-electron chi connectivity index (χ2n) is 5.46. The van der Waals surface area contributed by atoms with E-state index in [1.54, 1.807) is 0 Å². The lowest BCUT2D eigenvalue weighted by Crippen LogP contribution is -2.34. The Balaban J connectivity index is 1.90. The van der Waals surface area contributed by atoms with Crippen molar-refractivity contribution in [2.45, 2.75) is 45.2 Å². The van der Waals surface area contributed by atoms with Gasteiger partial charge in [-0.3, -0.25) is 4.90 Å². The maximum absolute atomic E-state index is 3.54. The van der Waals surface area contributed by atoms with Gasteiger partial charge in [0.05, 0.1) is 0 Å². The van der Waals surface area contributed by atoms with Gasteiger partial charge < -0.3 is 0 Å². The fraction of sp³-hybridized carbons (Fsp3) is 0.600. The first-order valence-corrected chi connectivity index (χ1v) is 7.39. The third-order valence-electron chi connectivity index (χ3n) is 3.93. The summed E-state index contributed by atoms with van der Waals surface area (Å²) in [6, 6.07) is 9.43. The van der Waals surface area contributed by atoms with Gasteiger partial charge in [-0.25, -0.2) is 0 Å². The molecule has 1 aliphatic rings. The predicted molar refractivity (Wildman–Crippen MR) is 77.0 cm³/mol. The number of nitrogens with zero attached hydrogens (tertiary/aromatic N) is 1. The first-order chi connectivity index (χ1) is 8.15. The fourth-order valence-electron chi connectivity index (χ4n) is 2.74. The van der Waals surface area contributed by atoms with Gasteiger partial charge in [0, 0.05) is 17.1 Å². The number of halogens is 1. The van der Waals surface area contributed by atoms with E-state index in [0.29, 0.717) is 0 Å². The van der Waals surface area contributed by atoms with Crippen LogP contribution < -0.4 is 0 Å². The summed E-state index contributed by atoms with van der Waals surface area (Å²) in [5, 5.41) is 0. The van der Waals surface area contributed by atoms with Crippen LogP contribution in [0.15, 0.2) is 28.7 Å². The zero-order chi connectivity index (χ0) is 12.3. The third kappa shape index (κ3) is 3.82.